The molecule has 1 fully saturated rings. The summed E-state index contributed by atoms with van der Waals surface area (Å²) >= 11 is 1.55. The summed E-state index contributed by atoms with van der Waals surface area (Å²) in [5.41, 5.74) is 0.177. The van der Waals surface area contributed by atoms with Crippen LogP contribution < -0.4 is 16.0 Å². The van der Waals surface area contributed by atoms with Crippen molar-refractivity contribution in [2.24, 2.45) is 5.92 Å². The van der Waals surface area contributed by atoms with Crippen LogP contribution in [0.5, 0.6) is 0 Å². The number of hydrogen-bond acceptors (Lipinski definition) is 8. The van der Waals surface area contributed by atoms with Crippen LogP contribution >= 0.6 is 11.8 Å². The lowest BCUT2D eigenvalue weighted by atomic mass is 9.82. The van der Waals surface area contributed by atoms with Gasteiger partial charge in [-0.3, -0.25) is 4.79 Å². The van der Waals surface area contributed by atoms with E-state index in [1.807, 2.05) is 36.6 Å². The molecule has 12 heteroatoms. The van der Waals surface area contributed by atoms with Crippen molar-refractivity contribution in [2.75, 3.05) is 24.0 Å². The minimum absolute atomic E-state index is 0.0780. The summed E-state index contributed by atoms with van der Waals surface area (Å²) in [4.78, 5) is 37.9. The van der Waals surface area contributed by atoms with Crippen molar-refractivity contribution in [3.63, 3.8) is 0 Å². The van der Waals surface area contributed by atoms with Crippen molar-refractivity contribution in [1.82, 2.24) is 16.0 Å². The molecule has 1 aromatic rings. The molecule has 0 aliphatic heterocycles. The van der Waals surface area contributed by atoms with Crippen LogP contribution in [0.2, 0.25) is 0 Å². The number of thioether (sulfide) groups is 1. The van der Waals surface area contributed by atoms with E-state index in [0.29, 0.717) is 31.4 Å². The normalized spacial score (nSPS) is 20.6. The minimum atomic E-state index is -3.35. The lowest BCUT2D eigenvalue weighted by Crippen LogP contribution is -2.55. The highest BCUT2D eigenvalue weighted by atomic mass is 32.2. The van der Waals surface area contributed by atoms with Crippen LogP contribution in [-0.2, 0) is 30.7 Å². The second kappa shape index (κ2) is 14.6. The van der Waals surface area contributed by atoms with Crippen LogP contribution in [0, 0.1) is 5.92 Å². The van der Waals surface area contributed by atoms with Crippen molar-refractivity contribution >= 4 is 39.7 Å². The molecular formula is C26H41N3O7S2. The highest BCUT2D eigenvalue weighted by molar-refractivity contribution is 7.98. The first kappa shape index (κ1) is 31.7. The molecule has 0 radical (unpaired) electrons. The third kappa shape index (κ3) is 12.4. The van der Waals surface area contributed by atoms with Crippen molar-refractivity contribution in [2.45, 2.75) is 76.8 Å². The topological polar surface area (TPSA) is 140 Å². The highest BCUT2D eigenvalue weighted by Gasteiger charge is 2.36. The van der Waals surface area contributed by atoms with Gasteiger partial charge in [-0.1, -0.05) is 30.3 Å². The van der Waals surface area contributed by atoms with Gasteiger partial charge >= 0.3 is 12.2 Å². The largest absolute Gasteiger partial charge is 0.445 e. The lowest BCUT2D eigenvalue weighted by molar-refractivity contribution is -0.124. The summed E-state index contributed by atoms with van der Waals surface area (Å²) in [7, 11) is -3.35. The Morgan fingerprint density at radius 1 is 1.08 bits per heavy atom. The van der Waals surface area contributed by atoms with Crippen LogP contribution in [0.15, 0.2) is 30.3 Å². The number of carbonyl (C=O) groups excluding carboxylic acids is 3. The van der Waals surface area contributed by atoms with Crippen LogP contribution in [0.3, 0.4) is 0 Å². The smallest absolute Gasteiger partial charge is 0.408 e. The number of hydrogen-bond donors (Lipinski definition) is 3. The molecule has 3 amide bonds. The molecule has 1 aromatic carbocycles. The Labute approximate surface area is 230 Å². The maximum absolute atomic E-state index is 13.2. The summed E-state index contributed by atoms with van der Waals surface area (Å²) in [6.45, 7) is 5.38. The van der Waals surface area contributed by atoms with Crippen molar-refractivity contribution < 1.29 is 32.3 Å². The monoisotopic (exact) mass is 571 g/mol. The Kier molecular flexibility index (Phi) is 12.2. The van der Waals surface area contributed by atoms with E-state index in [1.165, 1.54) is 0 Å². The van der Waals surface area contributed by atoms with Crippen LogP contribution in [-0.4, -0.2) is 74.3 Å². The zero-order valence-electron chi connectivity index (χ0n) is 22.8. The molecule has 0 saturated heterocycles. The van der Waals surface area contributed by atoms with Gasteiger partial charge in [0.05, 0.1) is 5.75 Å². The molecule has 4 atom stereocenters. The third-order valence-corrected chi connectivity index (χ3v) is 7.66. The number of carbonyl (C=O) groups is 3. The first-order valence-electron chi connectivity index (χ1n) is 12.7. The first-order chi connectivity index (χ1) is 17.8. The van der Waals surface area contributed by atoms with Gasteiger partial charge in [0.15, 0.2) is 0 Å². The SMILES string of the molecule is CSCC[C@H](NC(=O)OCc1ccccc1)C(=O)N[C@H]1CC[C@@H](NC(=O)OC(C)(C)C)C[C@H]1CS(C)(=O)=O. The van der Waals surface area contributed by atoms with Gasteiger partial charge in [0.2, 0.25) is 5.91 Å². The van der Waals surface area contributed by atoms with E-state index in [0.717, 1.165) is 11.8 Å². The molecule has 1 aliphatic carbocycles. The number of nitrogens with one attached hydrogen (secondary N) is 3. The summed E-state index contributed by atoms with van der Waals surface area (Å²) in [6, 6.07) is 7.69. The molecule has 0 heterocycles. The highest BCUT2D eigenvalue weighted by Crippen LogP contribution is 2.27. The second-order valence-corrected chi connectivity index (χ2v) is 13.8. The number of alkyl carbamates (subject to hydrolysis) is 2. The molecule has 0 unspecified atom stereocenters. The van der Waals surface area contributed by atoms with E-state index in [2.05, 4.69) is 16.0 Å². The predicted molar refractivity (Wildman–Crippen MR) is 149 cm³/mol. The quantitative estimate of drug-likeness (QED) is 0.368. The molecule has 0 spiro atoms. The summed E-state index contributed by atoms with van der Waals surface area (Å²) < 4.78 is 34.9. The van der Waals surface area contributed by atoms with Gasteiger partial charge in [0.25, 0.3) is 0 Å². The predicted octanol–water partition coefficient (Wildman–Crippen LogP) is 3.26. The van der Waals surface area contributed by atoms with Crippen molar-refractivity contribution in [3.8, 4) is 0 Å². The van der Waals surface area contributed by atoms with Gasteiger partial charge in [-0.15, -0.1) is 0 Å². The summed E-state index contributed by atoms with van der Waals surface area (Å²) in [6.07, 6.45) is 3.59. The molecule has 10 nitrogen and oxygen atoms in total. The fourth-order valence-corrected chi connectivity index (χ4v) is 5.94. The molecule has 38 heavy (non-hydrogen) atoms. The minimum Gasteiger partial charge on any atom is -0.445 e. The van der Waals surface area contributed by atoms with E-state index in [4.69, 9.17) is 9.47 Å². The molecule has 1 saturated carbocycles. The van der Waals surface area contributed by atoms with Gasteiger partial charge in [0, 0.05) is 18.3 Å². The van der Waals surface area contributed by atoms with E-state index in [-0.39, 0.29) is 18.4 Å². The van der Waals surface area contributed by atoms with Crippen molar-refractivity contribution in [1.29, 1.82) is 0 Å². The van der Waals surface area contributed by atoms with Crippen LogP contribution in [0.1, 0.15) is 52.0 Å². The zero-order chi connectivity index (χ0) is 28.3. The Morgan fingerprint density at radius 3 is 2.37 bits per heavy atom. The maximum Gasteiger partial charge on any atom is 0.408 e. The average molecular weight is 572 g/mol. The van der Waals surface area contributed by atoms with E-state index >= 15 is 0 Å². The lowest BCUT2D eigenvalue weighted by Gasteiger charge is -2.37. The van der Waals surface area contributed by atoms with Crippen LogP contribution in [0.25, 0.3) is 0 Å². The second-order valence-electron chi connectivity index (χ2n) is 10.7. The molecule has 3 N–H and O–H groups in total. The molecule has 214 valence electrons. The van der Waals surface area contributed by atoms with Gasteiger partial charge in [-0.2, -0.15) is 11.8 Å². The fourth-order valence-electron chi connectivity index (χ4n) is 4.33. The van der Waals surface area contributed by atoms with Gasteiger partial charge in [-0.25, -0.2) is 18.0 Å². The van der Waals surface area contributed by atoms with Gasteiger partial charge in [-0.05, 0) is 69.9 Å². The van der Waals surface area contributed by atoms with Crippen molar-refractivity contribution in [3.05, 3.63) is 35.9 Å². The Balaban J connectivity index is 2.03. The van der Waals surface area contributed by atoms with Crippen LogP contribution in [0.4, 0.5) is 9.59 Å². The molecule has 1 aliphatic rings. The number of benzene rings is 1. The number of rotatable bonds is 11. The number of sulfone groups is 1. The van der Waals surface area contributed by atoms with Gasteiger partial charge in [0.1, 0.15) is 28.1 Å². The fraction of sp³-hybridized carbons (Fsp3) is 0.654. The Morgan fingerprint density at radius 2 is 1.76 bits per heavy atom. The average Bonchev–Trinajstić information content (AvgIpc) is 2.80. The number of ether oxygens (including phenoxy) is 2. The van der Waals surface area contributed by atoms with E-state index < -0.39 is 51.5 Å². The van der Waals surface area contributed by atoms with E-state index in [9.17, 15) is 22.8 Å². The third-order valence-electron chi connectivity index (χ3n) is 5.98. The Bertz CT molecular complexity index is 1030. The first-order valence-corrected chi connectivity index (χ1v) is 16.1. The van der Waals surface area contributed by atoms with Gasteiger partial charge < -0.3 is 25.4 Å². The molecule has 2 rings (SSSR count). The molecule has 0 bridgehead atoms. The number of amides is 3. The summed E-state index contributed by atoms with van der Waals surface area (Å²) in [5, 5.41) is 8.44. The summed E-state index contributed by atoms with van der Waals surface area (Å²) in [5.74, 6) is -0.297. The molecule has 0 aromatic heterocycles. The zero-order valence-corrected chi connectivity index (χ0v) is 24.5. The van der Waals surface area contributed by atoms with E-state index in [1.54, 1.807) is 32.5 Å². The standard InChI is InChI=1S/C26H41N3O7S2/c1-26(2,3)36-25(32)27-20-11-12-21(19(15-20)17-38(5,33)34)28-23(30)22(13-14-37-4)29-24(31)35-16-18-9-7-6-8-10-18/h6-10,19-22H,11-17H2,1-5H3,(H,27,32)(H,28,30)(H,29,31)/t19-,20+,21-,22-/m0/s1. The maximum atomic E-state index is 13.2. The molecular weight excluding hydrogens is 530 g/mol. The Hall–Kier alpha value is -2.47.